The molecule has 3 aromatic rings. The Bertz CT molecular complexity index is 1160. The predicted octanol–water partition coefficient (Wildman–Crippen LogP) is 5.91. The molecule has 1 atom stereocenters. The third-order valence-electron chi connectivity index (χ3n) is 6.41. The number of rotatable bonds is 6. The average molecular weight is 435 g/mol. The maximum absolute atomic E-state index is 8.82. The van der Waals surface area contributed by atoms with Gasteiger partial charge in [0.25, 0.3) is 18.8 Å². The average Bonchev–Trinajstić information content (AvgIpc) is 2.86. The highest BCUT2D eigenvalue weighted by molar-refractivity contribution is 5.45. The van der Waals surface area contributed by atoms with Crippen LogP contribution in [0.5, 0.6) is 17.2 Å². The van der Waals surface area contributed by atoms with E-state index in [0.29, 0.717) is 23.2 Å². The topological polar surface area (TPSA) is 99.1 Å². The molecule has 162 valence electrons. The Hall–Kier alpha value is -4.47. The quantitative estimate of drug-likeness (QED) is 0.446. The zero-order valence-electron chi connectivity index (χ0n) is 17.9. The van der Waals surface area contributed by atoms with Gasteiger partial charge in [0.15, 0.2) is 0 Å². The summed E-state index contributed by atoms with van der Waals surface area (Å²) in [7, 11) is 0. The molecule has 4 rings (SSSR count). The Morgan fingerprint density at radius 1 is 0.636 bits per heavy atom. The lowest BCUT2D eigenvalue weighted by Gasteiger charge is -2.42. The SMILES string of the molecule is N#COc1ccc(C2CCCC(c3ccc(OC#N)cc3)(c3ccc(OC#N)cc3)C2)cc1. The number of nitrogens with zero attached hydrogens (tertiary/aromatic N) is 3. The molecule has 0 saturated heterocycles. The molecule has 1 aliphatic carbocycles. The number of nitriles is 3. The first-order valence-electron chi connectivity index (χ1n) is 10.7. The van der Waals surface area contributed by atoms with Gasteiger partial charge in [0.2, 0.25) is 0 Å². The van der Waals surface area contributed by atoms with Crippen molar-refractivity contribution in [2.45, 2.75) is 37.0 Å². The monoisotopic (exact) mass is 435 g/mol. The van der Waals surface area contributed by atoms with Gasteiger partial charge in [0.05, 0.1) is 0 Å². The second-order valence-electron chi connectivity index (χ2n) is 8.07. The first-order chi connectivity index (χ1) is 16.2. The van der Waals surface area contributed by atoms with Gasteiger partial charge < -0.3 is 14.2 Å². The van der Waals surface area contributed by atoms with E-state index in [0.717, 1.165) is 36.8 Å². The van der Waals surface area contributed by atoms with Crippen molar-refractivity contribution in [2.75, 3.05) is 0 Å². The third-order valence-corrected chi connectivity index (χ3v) is 6.41. The summed E-state index contributed by atoms with van der Waals surface area (Å²) in [5.41, 5.74) is 3.26. The summed E-state index contributed by atoms with van der Waals surface area (Å²) in [6.45, 7) is 0. The lowest BCUT2D eigenvalue weighted by Crippen LogP contribution is -2.33. The number of hydrogen-bond donors (Lipinski definition) is 0. The highest BCUT2D eigenvalue weighted by atomic mass is 16.5. The molecule has 3 aromatic carbocycles. The van der Waals surface area contributed by atoms with Crippen LogP contribution in [-0.4, -0.2) is 0 Å². The maximum atomic E-state index is 8.82. The van der Waals surface area contributed by atoms with Crippen LogP contribution >= 0.6 is 0 Å². The molecule has 1 aliphatic rings. The van der Waals surface area contributed by atoms with Crippen LogP contribution < -0.4 is 14.2 Å². The first-order valence-corrected chi connectivity index (χ1v) is 10.7. The fourth-order valence-electron chi connectivity index (χ4n) is 4.90. The molecule has 0 bridgehead atoms. The van der Waals surface area contributed by atoms with E-state index in [1.54, 1.807) is 18.8 Å². The largest absolute Gasteiger partial charge is 0.388 e. The molecule has 1 unspecified atom stereocenters. The maximum Gasteiger partial charge on any atom is 0.292 e. The van der Waals surface area contributed by atoms with Crippen molar-refractivity contribution in [2.24, 2.45) is 0 Å². The zero-order valence-corrected chi connectivity index (χ0v) is 17.9. The molecule has 0 heterocycles. The summed E-state index contributed by atoms with van der Waals surface area (Å²) in [5, 5.41) is 26.4. The summed E-state index contributed by atoms with van der Waals surface area (Å²) >= 11 is 0. The summed E-state index contributed by atoms with van der Waals surface area (Å²) in [6.07, 6.45) is 9.09. The van der Waals surface area contributed by atoms with E-state index in [2.05, 4.69) is 0 Å². The molecule has 33 heavy (non-hydrogen) atoms. The van der Waals surface area contributed by atoms with Gasteiger partial charge in [-0.1, -0.05) is 42.8 Å². The molecule has 1 saturated carbocycles. The molecule has 0 amide bonds. The number of hydrogen-bond acceptors (Lipinski definition) is 6. The van der Waals surface area contributed by atoms with Gasteiger partial charge in [-0.3, -0.25) is 0 Å². The lowest BCUT2D eigenvalue weighted by atomic mass is 9.61. The second-order valence-corrected chi connectivity index (χ2v) is 8.07. The van der Waals surface area contributed by atoms with Crippen molar-refractivity contribution in [1.29, 1.82) is 15.8 Å². The minimum atomic E-state index is -0.249. The molecule has 1 fully saturated rings. The van der Waals surface area contributed by atoms with Crippen molar-refractivity contribution < 1.29 is 14.2 Å². The van der Waals surface area contributed by atoms with Gasteiger partial charge >= 0.3 is 0 Å². The lowest BCUT2D eigenvalue weighted by molar-refractivity contribution is 0.310. The summed E-state index contributed by atoms with van der Waals surface area (Å²) < 4.78 is 14.9. The van der Waals surface area contributed by atoms with E-state index in [1.807, 2.05) is 72.8 Å². The Labute approximate surface area is 192 Å². The molecule has 0 aliphatic heterocycles. The normalized spacial score (nSPS) is 16.5. The zero-order chi connectivity index (χ0) is 23.1. The van der Waals surface area contributed by atoms with Crippen LogP contribution in [0.3, 0.4) is 0 Å². The van der Waals surface area contributed by atoms with Crippen LogP contribution in [0.4, 0.5) is 0 Å². The minimum absolute atomic E-state index is 0.249. The molecule has 0 radical (unpaired) electrons. The van der Waals surface area contributed by atoms with E-state index in [1.165, 1.54) is 5.56 Å². The van der Waals surface area contributed by atoms with E-state index in [9.17, 15) is 0 Å². The molecule has 0 N–H and O–H groups in total. The standard InChI is InChI=1S/C27H21N3O3/c28-17-31-24-9-3-20(4-10-24)21-2-1-15-27(16-21,22-5-11-25(12-6-22)32-18-29)23-7-13-26(14-8-23)33-19-30/h3-14,21H,1-2,15-16H2. The van der Waals surface area contributed by atoms with Crippen molar-refractivity contribution >= 4 is 0 Å². The predicted molar refractivity (Wildman–Crippen MR) is 120 cm³/mol. The highest BCUT2D eigenvalue weighted by Gasteiger charge is 2.40. The Morgan fingerprint density at radius 3 is 1.48 bits per heavy atom. The van der Waals surface area contributed by atoms with Crippen LogP contribution in [0.1, 0.15) is 48.3 Å². The van der Waals surface area contributed by atoms with Crippen molar-refractivity contribution in [3.05, 3.63) is 89.5 Å². The fourth-order valence-corrected chi connectivity index (χ4v) is 4.90. The highest BCUT2D eigenvalue weighted by Crippen LogP contribution is 2.50. The van der Waals surface area contributed by atoms with Crippen molar-refractivity contribution in [3.63, 3.8) is 0 Å². The smallest absolute Gasteiger partial charge is 0.292 e. The molecule has 6 heteroatoms. The number of benzene rings is 3. The summed E-state index contributed by atoms with van der Waals surface area (Å²) in [5.74, 6) is 1.87. The Morgan fingerprint density at radius 2 is 1.06 bits per heavy atom. The van der Waals surface area contributed by atoms with Gasteiger partial charge in [-0.2, -0.15) is 0 Å². The van der Waals surface area contributed by atoms with Crippen molar-refractivity contribution in [3.8, 4) is 36.0 Å². The van der Waals surface area contributed by atoms with E-state index in [4.69, 9.17) is 30.0 Å². The molecule has 0 spiro atoms. The minimum Gasteiger partial charge on any atom is -0.388 e. The van der Waals surface area contributed by atoms with Crippen LogP contribution in [0, 0.1) is 34.6 Å². The van der Waals surface area contributed by atoms with E-state index < -0.39 is 0 Å². The Kier molecular flexibility index (Phi) is 6.44. The third kappa shape index (κ3) is 4.59. The van der Waals surface area contributed by atoms with E-state index in [-0.39, 0.29) is 5.41 Å². The van der Waals surface area contributed by atoms with Crippen molar-refractivity contribution in [1.82, 2.24) is 0 Å². The second kappa shape index (κ2) is 9.77. The van der Waals surface area contributed by atoms with Crippen LogP contribution in [0.15, 0.2) is 72.8 Å². The van der Waals surface area contributed by atoms with Crippen LogP contribution in [0.25, 0.3) is 0 Å². The van der Waals surface area contributed by atoms with Gasteiger partial charge in [0, 0.05) is 5.41 Å². The van der Waals surface area contributed by atoms with Gasteiger partial charge in [-0.15, -0.1) is 15.8 Å². The molecular weight excluding hydrogens is 414 g/mol. The van der Waals surface area contributed by atoms with Gasteiger partial charge in [-0.25, -0.2) is 0 Å². The van der Waals surface area contributed by atoms with Crippen LogP contribution in [-0.2, 0) is 5.41 Å². The van der Waals surface area contributed by atoms with Gasteiger partial charge in [-0.05, 0) is 78.3 Å². The summed E-state index contributed by atoms with van der Waals surface area (Å²) in [6, 6.07) is 23.1. The van der Waals surface area contributed by atoms with Gasteiger partial charge in [0.1, 0.15) is 17.2 Å². The van der Waals surface area contributed by atoms with E-state index >= 15 is 0 Å². The Balaban J connectivity index is 1.72. The number of ether oxygens (including phenoxy) is 3. The fraction of sp³-hybridized carbons (Fsp3) is 0.222. The molecule has 6 nitrogen and oxygen atoms in total. The molecule has 0 aromatic heterocycles. The first kappa shape index (κ1) is 21.8. The summed E-state index contributed by atoms with van der Waals surface area (Å²) in [4.78, 5) is 0. The van der Waals surface area contributed by atoms with Crippen LogP contribution in [0.2, 0.25) is 0 Å². The molecular formula is C27H21N3O3.